The van der Waals surface area contributed by atoms with Gasteiger partial charge in [-0.3, -0.25) is 0 Å². The van der Waals surface area contributed by atoms with E-state index in [1.165, 1.54) is 0 Å². The molecule has 1 N–H and O–H groups in total. The number of aromatic nitrogens is 3. The van der Waals surface area contributed by atoms with E-state index in [4.69, 9.17) is 0 Å². The number of rotatable bonds is 4. The van der Waals surface area contributed by atoms with E-state index in [0.717, 1.165) is 30.5 Å². The smallest absolute Gasteiger partial charge is 0.282 e. The number of nitrogens with one attached hydrogen (secondary N) is 1. The van der Waals surface area contributed by atoms with Crippen molar-refractivity contribution in [1.29, 1.82) is 0 Å². The summed E-state index contributed by atoms with van der Waals surface area (Å²) < 4.78 is 29.2. The van der Waals surface area contributed by atoms with Crippen LogP contribution in [-0.4, -0.2) is 51.6 Å². The largest absolute Gasteiger partial charge is 0.325 e. The average Bonchev–Trinajstić information content (AvgIpc) is 2.69. The van der Waals surface area contributed by atoms with Crippen LogP contribution in [0.1, 0.15) is 36.3 Å². The van der Waals surface area contributed by atoms with E-state index in [0.29, 0.717) is 43.5 Å². The van der Waals surface area contributed by atoms with Crippen LogP contribution in [0.15, 0.2) is 24.4 Å². The van der Waals surface area contributed by atoms with Gasteiger partial charge in [-0.2, -0.15) is 17.0 Å². The third-order valence-corrected chi connectivity index (χ3v) is 7.00. The van der Waals surface area contributed by atoms with Gasteiger partial charge < -0.3 is 5.32 Å². The third-order valence-electron chi connectivity index (χ3n) is 5.02. The molecule has 4 heterocycles. The molecule has 27 heavy (non-hydrogen) atoms. The van der Waals surface area contributed by atoms with Crippen LogP contribution in [0, 0.1) is 6.92 Å². The molecule has 0 bridgehead atoms. The molecule has 8 nitrogen and oxygen atoms in total. The molecule has 2 aliphatic heterocycles. The lowest BCUT2D eigenvalue weighted by atomic mass is 10.1. The Kier molecular flexibility index (Phi) is 5.07. The maximum absolute atomic E-state index is 13.0. The molecular weight excluding hydrogens is 364 g/mol. The maximum Gasteiger partial charge on any atom is 0.282 e. The van der Waals surface area contributed by atoms with E-state index < -0.39 is 10.2 Å². The number of piperidine rings is 1. The Morgan fingerprint density at radius 3 is 2.59 bits per heavy atom. The Bertz CT molecular complexity index is 913. The van der Waals surface area contributed by atoms with Crippen LogP contribution in [0.5, 0.6) is 0 Å². The zero-order valence-corrected chi connectivity index (χ0v) is 16.2. The molecule has 2 aromatic heterocycles. The van der Waals surface area contributed by atoms with E-state index in [-0.39, 0.29) is 6.54 Å². The van der Waals surface area contributed by atoms with E-state index in [9.17, 15) is 8.42 Å². The van der Waals surface area contributed by atoms with E-state index in [1.807, 2.05) is 25.1 Å². The van der Waals surface area contributed by atoms with Gasteiger partial charge in [-0.05, 0) is 38.3 Å². The van der Waals surface area contributed by atoms with Gasteiger partial charge in [-0.15, -0.1) is 0 Å². The van der Waals surface area contributed by atoms with Crippen LogP contribution in [0.25, 0.3) is 0 Å². The molecule has 0 amide bonds. The van der Waals surface area contributed by atoms with E-state index in [2.05, 4.69) is 20.3 Å². The Balaban J connectivity index is 1.59. The molecule has 0 spiro atoms. The first-order valence-corrected chi connectivity index (χ1v) is 10.7. The summed E-state index contributed by atoms with van der Waals surface area (Å²) in [7, 11) is -3.44. The Morgan fingerprint density at radius 2 is 1.85 bits per heavy atom. The first kappa shape index (κ1) is 18.3. The van der Waals surface area contributed by atoms with Crippen LogP contribution in [-0.2, 0) is 23.2 Å². The summed E-state index contributed by atoms with van der Waals surface area (Å²) in [5, 5.41) is 3.25. The lowest BCUT2D eigenvalue weighted by molar-refractivity contribution is 0.293. The number of anilines is 2. The highest BCUT2D eigenvalue weighted by atomic mass is 32.2. The van der Waals surface area contributed by atoms with Gasteiger partial charge >= 0.3 is 0 Å². The monoisotopic (exact) mass is 388 g/mol. The molecule has 2 aliphatic rings. The number of hydrogen-bond acceptors (Lipinski definition) is 6. The second-order valence-electron chi connectivity index (χ2n) is 6.94. The summed E-state index contributed by atoms with van der Waals surface area (Å²) in [5.41, 5.74) is 1.74. The summed E-state index contributed by atoms with van der Waals surface area (Å²) in [6.07, 6.45) is 5.27. The minimum absolute atomic E-state index is 0.286. The first-order chi connectivity index (χ1) is 13.0. The van der Waals surface area contributed by atoms with Crippen molar-refractivity contribution in [2.75, 3.05) is 25.0 Å². The second-order valence-corrected chi connectivity index (χ2v) is 8.86. The maximum atomic E-state index is 13.0. The number of hydrogen-bond donors (Lipinski definition) is 1. The van der Waals surface area contributed by atoms with Crippen molar-refractivity contribution in [1.82, 2.24) is 23.6 Å². The zero-order chi connectivity index (χ0) is 18.9. The molecule has 144 valence electrons. The van der Waals surface area contributed by atoms with Crippen molar-refractivity contribution in [3.63, 3.8) is 0 Å². The van der Waals surface area contributed by atoms with Gasteiger partial charge in [0.05, 0.1) is 12.2 Å². The molecule has 2 aromatic rings. The Hall–Kier alpha value is -2.10. The number of aryl methyl sites for hydroxylation is 1. The molecule has 1 fully saturated rings. The summed E-state index contributed by atoms with van der Waals surface area (Å²) in [5.74, 6) is 2.04. The van der Waals surface area contributed by atoms with Crippen LogP contribution < -0.4 is 5.32 Å². The van der Waals surface area contributed by atoms with Crippen molar-refractivity contribution >= 4 is 21.8 Å². The number of pyridine rings is 1. The molecule has 0 aromatic carbocycles. The molecule has 0 unspecified atom stereocenters. The highest BCUT2D eigenvalue weighted by Gasteiger charge is 2.34. The fourth-order valence-electron chi connectivity index (χ4n) is 3.65. The first-order valence-electron chi connectivity index (χ1n) is 9.34. The van der Waals surface area contributed by atoms with Gasteiger partial charge in [-0.1, -0.05) is 12.5 Å². The van der Waals surface area contributed by atoms with Gasteiger partial charge in [0.2, 0.25) is 0 Å². The fraction of sp³-hybridized carbons (Fsp3) is 0.500. The molecule has 0 aliphatic carbocycles. The molecule has 1 saturated heterocycles. The molecule has 4 rings (SSSR count). The van der Waals surface area contributed by atoms with Gasteiger partial charge in [0, 0.05) is 31.4 Å². The molecule has 0 atom stereocenters. The molecule has 9 heteroatoms. The normalized spacial score (nSPS) is 18.9. The quantitative estimate of drug-likeness (QED) is 0.862. The molecule has 0 saturated carbocycles. The summed E-state index contributed by atoms with van der Waals surface area (Å²) in [6, 6.07) is 5.64. The van der Waals surface area contributed by atoms with Crippen molar-refractivity contribution in [3.8, 4) is 0 Å². The summed E-state index contributed by atoms with van der Waals surface area (Å²) in [4.78, 5) is 13.3. The zero-order valence-electron chi connectivity index (χ0n) is 15.4. The van der Waals surface area contributed by atoms with E-state index in [1.54, 1.807) is 14.8 Å². The summed E-state index contributed by atoms with van der Waals surface area (Å²) >= 11 is 0. The van der Waals surface area contributed by atoms with E-state index >= 15 is 0 Å². The minimum atomic E-state index is -3.44. The van der Waals surface area contributed by atoms with Crippen LogP contribution in [0.2, 0.25) is 0 Å². The topological polar surface area (TPSA) is 91.3 Å². The van der Waals surface area contributed by atoms with Crippen molar-refractivity contribution in [3.05, 3.63) is 41.5 Å². The SMILES string of the molecule is Cc1nc2c(c(Nc3ccccn3)n1)CCN(S(=O)(=O)N1CCCCC1)C2. The molecular formula is C18H24N6O2S. The fourth-order valence-corrected chi connectivity index (χ4v) is 5.30. The Morgan fingerprint density at radius 1 is 1.04 bits per heavy atom. The number of nitrogens with zero attached hydrogens (tertiary/aromatic N) is 5. The van der Waals surface area contributed by atoms with Crippen molar-refractivity contribution < 1.29 is 8.42 Å². The van der Waals surface area contributed by atoms with Gasteiger partial charge in [-0.25, -0.2) is 15.0 Å². The molecule has 0 radical (unpaired) electrons. The Labute approximate surface area is 159 Å². The highest BCUT2D eigenvalue weighted by Crippen LogP contribution is 2.28. The van der Waals surface area contributed by atoms with Crippen molar-refractivity contribution in [2.24, 2.45) is 0 Å². The highest BCUT2D eigenvalue weighted by molar-refractivity contribution is 7.86. The van der Waals surface area contributed by atoms with Gasteiger partial charge in [0.1, 0.15) is 17.5 Å². The number of fused-ring (bicyclic) bond motifs is 1. The average molecular weight is 388 g/mol. The van der Waals surface area contributed by atoms with Crippen molar-refractivity contribution in [2.45, 2.75) is 39.2 Å². The second kappa shape index (κ2) is 7.49. The minimum Gasteiger partial charge on any atom is -0.325 e. The van der Waals surface area contributed by atoms with Gasteiger partial charge in [0.15, 0.2) is 0 Å². The third kappa shape index (κ3) is 3.80. The summed E-state index contributed by atoms with van der Waals surface area (Å²) in [6.45, 7) is 3.77. The van der Waals surface area contributed by atoms with Crippen LogP contribution in [0.3, 0.4) is 0 Å². The van der Waals surface area contributed by atoms with Crippen LogP contribution >= 0.6 is 0 Å². The van der Waals surface area contributed by atoms with Gasteiger partial charge in [0.25, 0.3) is 10.2 Å². The standard InChI is InChI=1S/C18H24N6O2S/c1-14-20-16-13-24(27(25,26)23-10-5-2-6-11-23)12-8-15(16)18(21-14)22-17-7-3-4-9-19-17/h3-4,7,9H,2,5-6,8,10-13H2,1H3,(H,19,20,21,22). The lowest BCUT2D eigenvalue weighted by Gasteiger charge is -2.34. The lowest BCUT2D eigenvalue weighted by Crippen LogP contribution is -2.47. The predicted octanol–water partition coefficient (Wildman–Crippen LogP) is 2.01. The van der Waals surface area contributed by atoms with Crippen LogP contribution in [0.4, 0.5) is 11.6 Å². The predicted molar refractivity (Wildman–Crippen MR) is 103 cm³/mol.